The molecule has 1 saturated carbocycles. The lowest BCUT2D eigenvalue weighted by Gasteiger charge is -2.24. The molecule has 4 nitrogen and oxygen atoms in total. The molecule has 0 radical (unpaired) electrons. The minimum absolute atomic E-state index is 0.0380. The Kier molecular flexibility index (Phi) is 3.89. The molecule has 1 aliphatic rings. The number of alkyl halides is 3. The van der Waals surface area contributed by atoms with Crippen LogP contribution < -0.4 is 10.6 Å². The van der Waals surface area contributed by atoms with E-state index in [0.717, 1.165) is 0 Å². The molecule has 0 aliphatic heterocycles. The van der Waals surface area contributed by atoms with Gasteiger partial charge in [-0.2, -0.15) is 13.2 Å². The summed E-state index contributed by atoms with van der Waals surface area (Å²) in [6.45, 7) is -0.275. The lowest BCUT2D eigenvalue weighted by atomic mass is 10.1. The van der Waals surface area contributed by atoms with Gasteiger partial charge in [0.2, 0.25) is 0 Å². The Bertz CT molecular complexity index is 472. The van der Waals surface area contributed by atoms with Crippen LogP contribution in [-0.2, 0) is 0 Å². The Labute approximate surface area is 114 Å². The molecule has 110 valence electrons. The van der Waals surface area contributed by atoms with Gasteiger partial charge < -0.3 is 15.7 Å². The van der Waals surface area contributed by atoms with E-state index in [9.17, 15) is 18.0 Å². The first kappa shape index (κ1) is 14.6. The number of aliphatic hydroxyl groups excluding tert-OH is 1. The highest BCUT2D eigenvalue weighted by Gasteiger charge is 2.46. The molecule has 0 spiro atoms. The first-order valence-electron chi connectivity index (χ1n) is 6.17. The minimum Gasteiger partial charge on any atom is -0.394 e. The topological polar surface area (TPSA) is 61.4 Å². The van der Waals surface area contributed by atoms with E-state index >= 15 is 0 Å². The predicted octanol–water partition coefficient (Wildman–Crippen LogP) is 2.11. The number of urea groups is 1. The minimum atomic E-state index is -4.59. The van der Waals surface area contributed by atoms with Crippen LogP contribution in [0.4, 0.5) is 18.0 Å². The van der Waals surface area contributed by atoms with Gasteiger partial charge >= 0.3 is 12.2 Å². The molecule has 1 aliphatic carbocycles. The highest BCUT2D eigenvalue weighted by Crippen LogP contribution is 2.35. The van der Waals surface area contributed by atoms with E-state index in [1.807, 2.05) is 5.32 Å². The Morgan fingerprint density at radius 1 is 1.30 bits per heavy atom. The molecule has 20 heavy (non-hydrogen) atoms. The molecule has 0 aromatic heterocycles. The van der Waals surface area contributed by atoms with Crippen LogP contribution in [0.15, 0.2) is 30.3 Å². The number of nitrogens with one attached hydrogen (secondary N) is 2. The Morgan fingerprint density at radius 3 is 2.35 bits per heavy atom. The van der Waals surface area contributed by atoms with Crippen molar-refractivity contribution in [1.82, 2.24) is 10.6 Å². The molecule has 2 amide bonds. The smallest absolute Gasteiger partial charge is 0.394 e. The van der Waals surface area contributed by atoms with E-state index in [1.165, 1.54) is 24.3 Å². The maximum absolute atomic E-state index is 13.0. The van der Waals surface area contributed by atoms with Gasteiger partial charge in [-0.05, 0) is 18.4 Å². The van der Waals surface area contributed by atoms with Gasteiger partial charge in [0.25, 0.3) is 0 Å². The van der Waals surface area contributed by atoms with Gasteiger partial charge in [0.05, 0.1) is 12.1 Å². The average Bonchev–Trinajstić information content (AvgIpc) is 3.16. The second-order valence-electron chi connectivity index (χ2n) is 4.92. The van der Waals surface area contributed by atoms with Crippen LogP contribution in [0, 0.1) is 0 Å². The molecule has 7 heteroatoms. The fraction of sp³-hybridized carbons (Fsp3) is 0.462. The molecule has 1 aromatic carbocycles. The first-order chi connectivity index (χ1) is 9.36. The summed E-state index contributed by atoms with van der Waals surface area (Å²) in [5, 5.41) is 13.4. The van der Waals surface area contributed by atoms with Crippen molar-refractivity contribution in [3.05, 3.63) is 35.9 Å². The number of hydrogen-bond donors (Lipinski definition) is 3. The van der Waals surface area contributed by atoms with E-state index in [-0.39, 0.29) is 12.2 Å². The zero-order chi connectivity index (χ0) is 14.8. The number of aliphatic hydroxyl groups is 1. The standard InChI is InChI=1S/C13H15F3N2O2/c14-13(15,16)10(9-4-2-1-3-5-9)17-11(20)18-12(8-19)6-7-12/h1-5,10,19H,6-8H2,(H2,17,18,20). The van der Waals surface area contributed by atoms with E-state index in [2.05, 4.69) is 5.32 Å². The monoisotopic (exact) mass is 288 g/mol. The quantitative estimate of drug-likeness (QED) is 0.794. The molecule has 1 fully saturated rings. The van der Waals surface area contributed by atoms with Gasteiger partial charge in [0, 0.05) is 0 Å². The van der Waals surface area contributed by atoms with Crippen LogP contribution in [0.25, 0.3) is 0 Å². The van der Waals surface area contributed by atoms with Gasteiger partial charge in [-0.25, -0.2) is 4.79 Å². The molecular formula is C13H15F3N2O2. The third-order valence-corrected chi connectivity index (χ3v) is 3.27. The predicted molar refractivity (Wildman–Crippen MR) is 66.0 cm³/mol. The highest BCUT2D eigenvalue weighted by atomic mass is 19.4. The van der Waals surface area contributed by atoms with E-state index in [1.54, 1.807) is 6.07 Å². The van der Waals surface area contributed by atoms with Crippen molar-refractivity contribution >= 4 is 6.03 Å². The number of halogens is 3. The van der Waals surface area contributed by atoms with Gasteiger partial charge in [-0.15, -0.1) is 0 Å². The number of carbonyl (C=O) groups excluding carboxylic acids is 1. The van der Waals surface area contributed by atoms with Crippen LogP contribution >= 0.6 is 0 Å². The van der Waals surface area contributed by atoms with Crippen molar-refractivity contribution in [2.75, 3.05) is 6.61 Å². The summed E-state index contributed by atoms with van der Waals surface area (Å²) in [5.41, 5.74) is -0.791. The SMILES string of the molecule is O=C(NC(c1ccccc1)C(F)(F)F)NC1(CO)CC1. The second-order valence-corrected chi connectivity index (χ2v) is 4.92. The zero-order valence-corrected chi connectivity index (χ0v) is 10.6. The summed E-state index contributed by atoms with van der Waals surface area (Å²) in [5.74, 6) is 0. The van der Waals surface area contributed by atoms with Crippen molar-refractivity contribution in [2.45, 2.75) is 30.6 Å². The third-order valence-electron chi connectivity index (χ3n) is 3.27. The van der Waals surface area contributed by atoms with Crippen molar-refractivity contribution < 1.29 is 23.1 Å². The Morgan fingerprint density at radius 2 is 1.90 bits per heavy atom. The van der Waals surface area contributed by atoms with Gasteiger partial charge in [0.15, 0.2) is 6.04 Å². The summed E-state index contributed by atoms with van der Waals surface area (Å²) >= 11 is 0. The van der Waals surface area contributed by atoms with Crippen molar-refractivity contribution in [3.63, 3.8) is 0 Å². The summed E-state index contributed by atoms with van der Waals surface area (Å²) in [6.07, 6.45) is -3.45. The van der Waals surface area contributed by atoms with Crippen LogP contribution in [0.3, 0.4) is 0 Å². The summed E-state index contributed by atoms with van der Waals surface area (Å²) in [6, 6.07) is 4.16. The average molecular weight is 288 g/mol. The Hall–Kier alpha value is -1.76. The van der Waals surface area contributed by atoms with E-state index < -0.39 is 23.8 Å². The zero-order valence-electron chi connectivity index (χ0n) is 10.6. The number of carbonyl (C=O) groups is 1. The summed E-state index contributed by atoms with van der Waals surface area (Å²) < 4.78 is 39.0. The van der Waals surface area contributed by atoms with Gasteiger partial charge in [0.1, 0.15) is 0 Å². The molecule has 0 saturated heterocycles. The van der Waals surface area contributed by atoms with E-state index in [4.69, 9.17) is 5.11 Å². The number of benzene rings is 1. The largest absolute Gasteiger partial charge is 0.412 e. The van der Waals surface area contributed by atoms with Crippen molar-refractivity contribution in [3.8, 4) is 0 Å². The van der Waals surface area contributed by atoms with Gasteiger partial charge in [-0.3, -0.25) is 0 Å². The lowest BCUT2D eigenvalue weighted by Crippen LogP contribution is -2.49. The van der Waals surface area contributed by atoms with E-state index in [0.29, 0.717) is 12.8 Å². The maximum Gasteiger partial charge on any atom is 0.412 e. The number of rotatable bonds is 4. The number of amides is 2. The van der Waals surface area contributed by atoms with Crippen molar-refractivity contribution in [2.24, 2.45) is 0 Å². The molecule has 0 heterocycles. The Balaban J connectivity index is 2.07. The summed E-state index contributed by atoms with van der Waals surface area (Å²) in [7, 11) is 0. The fourth-order valence-electron chi connectivity index (χ4n) is 1.88. The molecule has 1 unspecified atom stereocenters. The molecule has 1 atom stereocenters. The molecule has 0 bridgehead atoms. The first-order valence-corrected chi connectivity index (χ1v) is 6.17. The van der Waals surface area contributed by atoms with Crippen LogP contribution in [-0.4, -0.2) is 29.5 Å². The number of hydrogen-bond acceptors (Lipinski definition) is 2. The molecule has 1 aromatic rings. The normalized spacial score (nSPS) is 18.2. The molecule has 2 rings (SSSR count). The maximum atomic E-state index is 13.0. The third kappa shape index (κ3) is 3.41. The van der Waals surface area contributed by atoms with Crippen LogP contribution in [0.1, 0.15) is 24.4 Å². The lowest BCUT2D eigenvalue weighted by molar-refractivity contribution is -0.155. The van der Waals surface area contributed by atoms with Gasteiger partial charge in [-0.1, -0.05) is 30.3 Å². The van der Waals surface area contributed by atoms with Crippen LogP contribution in [0.5, 0.6) is 0 Å². The van der Waals surface area contributed by atoms with Crippen LogP contribution in [0.2, 0.25) is 0 Å². The molecule has 3 N–H and O–H groups in total. The molecular weight excluding hydrogens is 273 g/mol. The fourth-order valence-corrected chi connectivity index (χ4v) is 1.88. The van der Waals surface area contributed by atoms with Crippen molar-refractivity contribution in [1.29, 1.82) is 0 Å². The summed E-state index contributed by atoms with van der Waals surface area (Å²) in [4.78, 5) is 11.7. The second kappa shape index (κ2) is 5.32. The highest BCUT2D eigenvalue weighted by molar-refractivity contribution is 5.76.